The summed E-state index contributed by atoms with van der Waals surface area (Å²) in [6.45, 7) is 1.74. The molecule has 1 aromatic rings. The molecule has 0 aliphatic heterocycles. The van der Waals surface area contributed by atoms with Gasteiger partial charge >= 0.3 is 0 Å². The van der Waals surface area contributed by atoms with Crippen molar-refractivity contribution in [2.24, 2.45) is 0 Å². The third-order valence-electron chi connectivity index (χ3n) is 1.74. The monoisotopic (exact) mass is 201 g/mol. The van der Waals surface area contributed by atoms with Crippen LogP contribution in [0.1, 0.15) is 18.4 Å². The van der Waals surface area contributed by atoms with Crippen molar-refractivity contribution in [3.8, 4) is 0 Å². The molecule has 1 atom stereocenters. The lowest BCUT2D eigenvalue weighted by Crippen LogP contribution is -2.11. The molecule has 0 amide bonds. The van der Waals surface area contributed by atoms with Crippen LogP contribution in [-0.2, 0) is 10.1 Å². The number of hydrogen-bond acceptors (Lipinski definition) is 3. The first kappa shape index (κ1) is 10.1. The second-order valence-electron chi connectivity index (χ2n) is 2.93. The van der Waals surface area contributed by atoms with E-state index < -0.39 is 10.1 Å². The van der Waals surface area contributed by atoms with Crippen molar-refractivity contribution in [2.45, 2.75) is 12.8 Å². The van der Waals surface area contributed by atoms with Crippen molar-refractivity contribution >= 4 is 10.1 Å². The summed E-state index contributed by atoms with van der Waals surface area (Å²) >= 11 is 0. The average Bonchev–Trinajstić information content (AvgIpc) is 2.03. The van der Waals surface area contributed by atoms with E-state index in [1.807, 2.05) is 0 Å². The lowest BCUT2D eigenvalue weighted by Gasteiger charge is -2.08. The van der Waals surface area contributed by atoms with E-state index in [9.17, 15) is 8.42 Å². The summed E-state index contributed by atoms with van der Waals surface area (Å²) in [6.07, 6.45) is 3.19. The van der Waals surface area contributed by atoms with Crippen molar-refractivity contribution in [1.82, 2.24) is 4.98 Å². The molecule has 0 bridgehead atoms. The van der Waals surface area contributed by atoms with Gasteiger partial charge in [-0.15, -0.1) is 0 Å². The van der Waals surface area contributed by atoms with Crippen molar-refractivity contribution in [3.63, 3.8) is 0 Å². The van der Waals surface area contributed by atoms with Gasteiger partial charge in [-0.3, -0.25) is 9.54 Å². The minimum atomic E-state index is -3.89. The standard InChI is InChI=1S/C8H11NO3S/c1-7(6-13(10,11)12)8-2-4-9-5-3-8/h2-5,7H,6H2,1H3,(H,10,11,12). The van der Waals surface area contributed by atoms with Crippen LogP contribution in [-0.4, -0.2) is 23.7 Å². The van der Waals surface area contributed by atoms with Gasteiger partial charge in [-0.2, -0.15) is 8.42 Å². The summed E-state index contributed by atoms with van der Waals surface area (Å²) in [5.41, 5.74) is 0.854. The first-order valence-electron chi connectivity index (χ1n) is 3.84. The molecule has 72 valence electrons. The van der Waals surface area contributed by atoms with E-state index >= 15 is 0 Å². The molecule has 5 heteroatoms. The Morgan fingerprint density at radius 1 is 1.46 bits per heavy atom. The van der Waals surface area contributed by atoms with Crippen LogP contribution in [0, 0.1) is 0 Å². The minimum absolute atomic E-state index is 0.210. The maximum absolute atomic E-state index is 10.6. The lowest BCUT2D eigenvalue weighted by molar-refractivity contribution is 0.479. The van der Waals surface area contributed by atoms with Gasteiger partial charge in [0.1, 0.15) is 0 Å². The molecule has 0 saturated heterocycles. The van der Waals surface area contributed by atoms with Crippen molar-refractivity contribution < 1.29 is 13.0 Å². The second kappa shape index (κ2) is 3.85. The number of rotatable bonds is 3. The first-order chi connectivity index (χ1) is 5.99. The van der Waals surface area contributed by atoms with Crippen molar-refractivity contribution in [2.75, 3.05) is 5.75 Å². The van der Waals surface area contributed by atoms with Gasteiger partial charge in [0, 0.05) is 12.4 Å². The van der Waals surface area contributed by atoms with E-state index in [2.05, 4.69) is 4.98 Å². The van der Waals surface area contributed by atoms with Crippen LogP contribution in [0.25, 0.3) is 0 Å². The highest BCUT2D eigenvalue weighted by molar-refractivity contribution is 7.85. The van der Waals surface area contributed by atoms with Crippen molar-refractivity contribution in [3.05, 3.63) is 30.1 Å². The molecule has 1 aromatic heterocycles. The summed E-state index contributed by atoms with van der Waals surface area (Å²) in [6, 6.07) is 3.46. The molecule has 0 aliphatic carbocycles. The van der Waals surface area contributed by atoms with Crippen LogP contribution in [0.4, 0.5) is 0 Å². The fourth-order valence-electron chi connectivity index (χ4n) is 1.10. The van der Waals surface area contributed by atoms with Gasteiger partial charge in [-0.1, -0.05) is 6.92 Å². The Bertz CT molecular complexity index is 360. The van der Waals surface area contributed by atoms with E-state index in [-0.39, 0.29) is 11.7 Å². The zero-order valence-corrected chi connectivity index (χ0v) is 8.03. The highest BCUT2D eigenvalue weighted by Crippen LogP contribution is 2.15. The predicted octanol–water partition coefficient (Wildman–Crippen LogP) is 1.07. The van der Waals surface area contributed by atoms with Crippen LogP contribution in [0.2, 0.25) is 0 Å². The van der Waals surface area contributed by atoms with Gasteiger partial charge in [0.05, 0.1) is 5.75 Å². The maximum atomic E-state index is 10.6. The quantitative estimate of drug-likeness (QED) is 0.743. The molecule has 0 fully saturated rings. The zero-order chi connectivity index (χ0) is 9.90. The average molecular weight is 201 g/mol. The molecule has 13 heavy (non-hydrogen) atoms. The van der Waals surface area contributed by atoms with Gasteiger partial charge in [-0.05, 0) is 23.6 Å². The van der Waals surface area contributed by atoms with Crippen LogP contribution in [0.5, 0.6) is 0 Å². The molecule has 1 heterocycles. The van der Waals surface area contributed by atoms with E-state index in [1.54, 1.807) is 31.5 Å². The summed E-state index contributed by atoms with van der Waals surface area (Å²) in [5.74, 6) is -0.463. The highest BCUT2D eigenvalue weighted by Gasteiger charge is 2.13. The highest BCUT2D eigenvalue weighted by atomic mass is 32.2. The molecule has 0 spiro atoms. The second-order valence-corrected chi connectivity index (χ2v) is 4.43. The molecule has 0 aliphatic rings. The number of pyridine rings is 1. The number of hydrogen-bond donors (Lipinski definition) is 1. The Balaban J connectivity index is 2.76. The molecular weight excluding hydrogens is 190 g/mol. The van der Waals surface area contributed by atoms with Crippen LogP contribution >= 0.6 is 0 Å². The van der Waals surface area contributed by atoms with Gasteiger partial charge in [0.25, 0.3) is 10.1 Å². The minimum Gasteiger partial charge on any atom is -0.286 e. The summed E-state index contributed by atoms with van der Waals surface area (Å²) in [4.78, 5) is 3.81. The Labute approximate surface area is 77.4 Å². The lowest BCUT2D eigenvalue weighted by atomic mass is 10.1. The Morgan fingerprint density at radius 3 is 2.46 bits per heavy atom. The predicted molar refractivity (Wildman–Crippen MR) is 49.1 cm³/mol. The molecule has 1 rings (SSSR count). The third-order valence-corrected chi connectivity index (χ3v) is 2.66. The maximum Gasteiger partial charge on any atom is 0.265 e. The van der Waals surface area contributed by atoms with Crippen LogP contribution in [0.15, 0.2) is 24.5 Å². The molecule has 4 nitrogen and oxygen atoms in total. The molecule has 0 radical (unpaired) electrons. The zero-order valence-electron chi connectivity index (χ0n) is 7.21. The smallest absolute Gasteiger partial charge is 0.265 e. The van der Waals surface area contributed by atoms with Crippen molar-refractivity contribution in [1.29, 1.82) is 0 Å². The van der Waals surface area contributed by atoms with Gasteiger partial charge in [0.2, 0.25) is 0 Å². The Kier molecular flexibility index (Phi) is 3.00. The van der Waals surface area contributed by atoms with Crippen LogP contribution in [0.3, 0.4) is 0 Å². The third kappa shape index (κ3) is 3.52. The topological polar surface area (TPSA) is 67.3 Å². The Morgan fingerprint density at radius 2 is 2.00 bits per heavy atom. The molecule has 1 N–H and O–H groups in total. The van der Waals surface area contributed by atoms with E-state index in [1.165, 1.54) is 0 Å². The summed E-state index contributed by atoms with van der Waals surface area (Å²) < 4.78 is 29.7. The van der Waals surface area contributed by atoms with E-state index in [0.29, 0.717) is 0 Å². The van der Waals surface area contributed by atoms with Gasteiger partial charge < -0.3 is 0 Å². The molecule has 0 aromatic carbocycles. The summed E-state index contributed by atoms with van der Waals surface area (Å²) in [7, 11) is -3.89. The largest absolute Gasteiger partial charge is 0.286 e. The van der Waals surface area contributed by atoms with Crippen LogP contribution < -0.4 is 0 Å². The fraction of sp³-hybridized carbons (Fsp3) is 0.375. The molecule has 1 unspecified atom stereocenters. The number of nitrogens with zero attached hydrogens (tertiary/aromatic N) is 1. The first-order valence-corrected chi connectivity index (χ1v) is 5.45. The normalized spacial score (nSPS) is 14.0. The van der Waals surface area contributed by atoms with E-state index in [4.69, 9.17) is 4.55 Å². The van der Waals surface area contributed by atoms with E-state index in [0.717, 1.165) is 5.56 Å². The fourth-order valence-corrected chi connectivity index (χ4v) is 1.93. The Hall–Kier alpha value is -0.940. The molecular formula is C8H11NO3S. The van der Waals surface area contributed by atoms with Gasteiger partial charge in [-0.25, -0.2) is 0 Å². The van der Waals surface area contributed by atoms with Gasteiger partial charge in [0.15, 0.2) is 0 Å². The SMILES string of the molecule is CC(CS(=O)(=O)O)c1ccncc1. The number of aromatic nitrogens is 1. The molecule has 0 saturated carbocycles. The summed E-state index contributed by atoms with van der Waals surface area (Å²) in [5, 5.41) is 0.